The molecule has 6 heteroatoms. The zero-order valence-electron chi connectivity index (χ0n) is 11.0. The number of nitrogens with one attached hydrogen (secondary N) is 1. The van der Waals surface area contributed by atoms with Gasteiger partial charge in [0.2, 0.25) is 0 Å². The zero-order valence-corrected chi connectivity index (χ0v) is 14.7. The summed E-state index contributed by atoms with van der Waals surface area (Å²) in [5.41, 5.74) is 0.963. The molecule has 0 amide bonds. The number of hydrogen-bond donors (Lipinski definition) is 2. The van der Waals surface area contributed by atoms with Crippen LogP contribution in [-0.2, 0) is 0 Å². The van der Waals surface area contributed by atoms with Crippen LogP contribution in [0.4, 0.5) is 5.69 Å². The number of anilines is 1. The zero-order chi connectivity index (χ0) is 15.2. The lowest BCUT2D eigenvalue weighted by atomic mass is 10.3. The van der Waals surface area contributed by atoms with E-state index in [0.29, 0.717) is 22.3 Å². The maximum Gasteiger partial charge on any atom is 0.138 e. The summed E-state index contributed by atoms with van der Waals surface area (Å²) < 4.78 is 6.62. The summed E-state index contributed by atoms with van der Waals surface area (Å²) in [7, 11) is 0. The molecule has 2 rings (SSSR count). The van der Waals surface area contributed by atoms with E-state index < -0.39 is 6.10 Å². The second-order valence-electron chi connectivity index (χ2n) is 4.43. The number of benzene rings is 2. The van der Waals surface area contributed by atoms with E-state index in [0.717, 1.165) is 9.26 Å². The second-order valence-corrected chi connectivity index (χ2v) is 6.52. The van der Waals surface area contributed by atoms with Crippen LogP contribution in [0.15, 0.2) is 42.5 Å². The van der Waals surface area contributed by atoms with Gasteiger partial charge in [-0.15, -0.1) is 0 Å². The smallest absolute Gasteiger partial charge is 0.138 e. The molecule has 3 nitrogen and oxygen atoms in total. The molecule has 0 fully saturated rings. The number of ether oxygens (including phenoxy) is 1. The molecule has 0 radical (unpaired) electrons. The Labute approximate surface area is 147 Å². The average molecular weight is 438 g/mol. The maximum absolute atomic E-state index is 9.93. The monoisotopic (exact) mass is 437 g/mol. The van der Waals surface area contributed by atoms with Gasteiger partial charge in [0, 0.05) is 20.8 Å². The molecule has 0 aromatic heterocycles. The largest absolute Gasteiger partial charge is 0.489 e. The summed E-state index contributed by atoms with van der Waals surface area (Å²) in [4.78, 5) is 0. The first-order chi connectivity index (χ1) is 10.0. The van der Waals surface area contributed by atoms with Crippen LogP contribution in [0.5, 0.6) is 5.75 Å². The second kappa shape index (κ2) is 8.08. The molecule has 2 N–H and O–H groups in total. The third-order valence-electron chi connectivity index (χ3n) is 2.69. The van der Waals surface area contributed by atoms with Crippen LogP contribution in [0.2, 0.25) is 10.0 Å². The van der Waals surface area contributed by atoms with Crippen LogP contribution in [0, 0.1) is 3.57 Å². The van der Waals surface area contributed by atoms with Gasteiger partial charge in [0.1, 0.15) is 18.5 Å². The molecule has 0 aliphatic heterocycles. The normalized spacial score (nSPS) is 12.0. The molecule has 0 saturated carbocycles. The number of aliphatic hydroxyl groups is 1. The molecule has 1 unspecified atom stereocenters. The van der Waals surface area contributed by atoms with Gasteiger partial charge in [0.05, 0.1) is 5.02 Å². The summed E-state index contributed by atoms with van der Waals surface area (Å²) >= 11 is 14.0. The Balaban J connectivity index is 1.80. The first-order valence-corrected chi connectivity index (χ1v) is 8.13. The minimum absolute atomic E-state index is 0.151. The summed E-state index contributed by atoms with van der Waals surface area (Å²) in [6.45, 7) is 0.545. The summed E-state index contributed by atoms with van der Waals surface area (Å²) in [5, 5.41) is 14.1. The van der Waals surface area contributed by atoms with Crippen LogP contribution in [0.3, 0.4) is 0 Å². The van der Waals surface area contributed by atoms with E-state index >= 15 is 0 Å². The molecular weight excluding hydrogens is 424 g/mol. The average Bonchev–Trinajstić information content (AvgIpc) is 2.44. The number of halogens is 3. The highest BCUT2D eigenvalue weighted by Crippen LogP contribution is 2.27. The van der Waals surface area contributed by atoms with Crippen molar-refractivity contribution in [3.63, 3.8) is 0 Å². The van der Waals surface area contributed by atoms with Crippen molar-refractivity contribution in [2.45, 2.75) is 6.10 Å². The number of rotatable bonds is 6. The summed E-state index contributed by atoms with van der Waals surface area (Å²) in [6.07, 6.45) is -0.644. The van der Waals surface area contributed by atoms with Gasteiger partial charge >= 0.3 is 0 Å². The molecule has 21 heavy (non-hydrogen) atoms. The number of hydrogen-bond acceptors (Lipinski definition) is 3. The molecule has 1 atom stereocenters. The fourth-order valence-electron chi connectivity index (χ4n) is 1.67. The molecule has 0 heterocycles. The van der Waals surface area contributed by atoms with Gasteiger partial charge in [-0.05, 0) is 59.0 Å². The van der Waals surface area contributed by atoms with Gasteiger partial charge in [-0.1, -0.05) is 29.3 Å². The minimum atomic E-state index is -0.644. The van der Waals surface area contributed by atoms with E-state index in [9.17, 15) is 5.11 Å². The van der Waals surface area contributed by atoms with Crippen molar-refractivity contribution in [2.75, 3.05) is 18.5 Å². The SMILES string of the molecule is OC(CNc1cccc(I)c1)COc1ccc(Cl)cc1Cl. The lowest BCUT2D eigenvalue weighted by Gasteiger charge is -2.15. The summed E-state index contributed by atoms with van der Waals surface area (Å²) in [5.74, 6) is 0.509. The minimum Gasteiger partial charge on any atom is -0.489 e. The van der Waals surface area contributed by atoms with E-state index in [1.807, 2.05) is 24.3 Å². The Hall–Kier alpha value is -0.690. The molecule has 0 aliphatic rings. The molecule has 0 spiro atoms. The predicted molar refractivity (Wildman–Crippen MR) is 95.6 cm³/mol. The highest BCUT2D eigenvalue weighted by Gasteiger charge is 2.08. The van der Waals surface area contributed by atoms with Gasteiger partial charge in [-0.25, -0.2) is 0 Å². The van der Waals surface area contributed by atoms with Gasteiger partial charge in [0.25, 0.3) is 0 Å². The molecule has 112 valence electrons. The maximum atomic E-state index is 9.93. The van der Waals surface area contributed by atoms with Gasteiger partial charge < -0.3 is 15.2 Å². The first kappa shape index (κ1) is 16.7. The fraction of sp³-hybridized carbons (Fsp3) is 0.200. The van der Waals surface area contributed by atoms with Crippen LogP contribution in [0.25, 0.3) is 0 Å². The third-order valence-corrected chi connectivity index (χ3v) is 3.89. The quantitative estimate of drug-likeness (QED) is 0.656. The van der Waals surface area contributed by atoms with Crippen molar-refractivity contribution in [1.82, 2.24) is 0 Å². The first-order valence-electron chi connectivity index (χ1n) is 6.30. The Morgan fingerprint density at radius 3 is 2.71 bits per heavy atom. The Morgan fingerprint density at radius 2 is 2.00 bits per heavy atom. The van der Waals surface area contributed by atoms with Crippen LogP contribution in [0.1, 0.15) is 0 Å². The van der Waals surface area contributed by atoms with Crippen molar-refractivity contribution in [3.8, 4) is 5.75 Å². The molecular formula is C15H14Cl2INO2. The van der Waals surface area contributed by atoms with Gasteiger partial charge in [-0.2, -0.15) is 0 Å². The fourth-order valence-corrected chi connectivity index (χ4v) is 2.68. The Morgan fingerprint density at radius 1 is 1.19 bits per heavy atom. The molecule has 0 saturated heterocycles. The van der Waals surface area contributed by atoms with Gasteiger partial charge in [0.15, 0.2) is 0 Å². The lowest BCUT2D eigenvalue weighted by Crippen LogP contribution is -2.26. The predicted octanol–water partition coefficient (Wildman–Crippen LogP) is 4.45. The number of aliphatic hydroxyl groups excluding tert-OH is 1. The van der Waals surface area contributed by atoms with Crippen LogP contribution in [-0.4, -0.2) is 24.4 Å². The van der Waals surface area contributed by atoms with Crippen molar-refractivity contribution >= 4 is 51.5 Å². The third kappa shape index (κ3) is 5.54. The van der Waals surface area contributed by atoms with Gasteiger partial charge in [-0.3, -0.25) is 0 Å². The van der Waals surface area contributed by atoms with E-state index in [2.05, 4.69) is 27.9 Å². The van der Waals surface area contributed by atoms with Crippen molar-refractivity contribution in [2.24, 2.45) is 0 Å². The van der Waals surface area contributed by atoms with Crippen molar-refractivity contribution in [3.05, 3.63) is 56.1 Å². The Kier molecular flexibility index (Phi) is 6.41. The van der Waals surface area contributed by atoms with E-state index in [-0.39, 0.29) is 6.61 Å². The molecule has 2 aromatic rings. The van der Waals surface area contributed by atoms with Crippen molar-refractivity contribution in [1.29, 1.82) is 0 Å². The summed E-state index contributed by atoms with van der Waals surface area (Å²) in [6, 6.07) is 12.9. The van der Waals surface area contributed by atoms with E-state index in [4.69, 9.17) is 27.9 Å². The standard InChI is InChI=1S/C15H14Cl2INO2/c16-10-4-5-15(14(17)6-10)21-9-13(20)8-19-12-3-1-2-11(18)7-12/h1-7,13,19-20H,8-9H2. The highest BCUT2D eigenvalue weighted by atomic mass is 127. The highest BCUT2D eigenvalue weighted by molar-refractivity contribution is 14.1. The molecule has 2 aromatic carbocycles. The molecule has 0 bridgehead atoms. The van der Waals surface area contributed by atoms with Crippen molar-refractivity contribution < 1.29 is 9.84 Å². The lowest BCUT2D eigenvalue weighted by molar-refractivity contribution is 0.117. The molecule has 0 aliphatic carbocycles. The topological polar surface area (TPSA) is 41.5 Å². The van der Waals surface area contributed by atoms with Crippen LogP contribution < -0.4 is 10.1 Å². The van der Waals surface area contributed by atoms with E-state index in [1.54, 1.807) is 18.2 Å². The van der Waals surface area contributed by atoms with E-state index in [1.165, 1.54) is 0 Å². The van der Waals surface area contributed by atoms with Crippen LogP contribution >= 0.6 is 45.8 Å². The Bertz CT molecular complexity index is 610.